The van der Waals surface area contributed by atoms with E-state index in [4.69, 9.17) is 5.11 Å². The van der Waals surface area contributed by atoms with Crippen LogP contribution in [-0.2, 0) is 0 Å². The molecule has 0 amide bonds. The molecule has 0 atom stereocenters. The lowest BCUT2D eigenvalue weighted by molar-refractivity contribution is 0.471. The van der Waals surface area contributed by atoms with Gasteiger partial charge >= 0.3 is 23.1 Å². The maximum Gasteiger partial charge on any atom is 0.316 e. The normalized spacial score (nSPS) is 8.00. The van der Waals surface area contributed by atoms with Crippen molar-refractivity contribution in [2.45, 2.75) is 0 Å². The van der Waals surface area contributed by atoms with E-state index < -0.39 is 0 Å². The Morgan fingerprint density at radius 3 is 2.40 bits per heavy atom. The number of rotatable bonds is 0. The van der Waals surface area contributed by atoms with E-state index >= 15 is 0 Å². The van der Waals surface area contributed by atoms with Crippen molar-refractivity contribution in [1.29, 1.82) is 0 Å². The van der Waals surface area contributed by atoms with Crippen LogP contribution in [-0.4, -0.2) is 28.2 Å². The van der Waals surface area contributed by atoms with Gasteiger partial charge in [-0.25, -0.2) is 0 Å². The average Bonchev–Trinajstić information content (AvgIpc) is 1.99. The van der Waals surface area contributed by atoms with Gasteiger partial charge in [0.1, 0.15) is 0 Å². The van der Waals surface area contributed by atoms with Gasteiger partial charge in [-0.05, 0) is 12.1 Å². The molecule has 3 heteroatoms. The first kappa shape index (κ1) is 9.46. The Balaban J connectivity index is 0.000000810. The van der Waals surface area contributed by atoms with Gasteiger partial charge in [-0.15, -0.1) is 0 Å². The predicted octanol–water partition coefficient (Wildman–Crippen LogP) is -0.164. The molecule has 0 bridgehead atoms. The predicted molar refractivity (Wildman–Crippen MR) is 42.9 cm³/mol. The molecule has 2 nitrogen and oxygen atoms in total. The Hall–Kier alpha value is -0.544. The summed E-state index contributed by atoms with van der Waals surface area (Å²) in [5.41, 5.74) is -0.347. The monoisotopic (exact) mass is 148 g/mol. The molecule has 0 spiro atoms. The Bertz CT molecular complexity index is 259. The first-order valence-corrected chi connectivity index (χ1v) is 2.59. The summed E-state index contributed by atoms with van der Waals surface area (Å²) in [5, 5.41) is 8.77. The van der Waals surface area contributed by atoms with E-state index in [0.29, 0.717) is 0 Å². The zero-order valence-corrected chi connectivity index (χ0v) is 4.74. The van der Waals surface area contributed by atoms with Crippen LogP contribution in [0.4, 0.5) is 0 Å². The van der Waals surface area contributed by atoms with E-state index in [-0.39, 0.29) is 34.2 Å². The standard InChI is InChI=1S/C7H6O2.Mg.2H/c8-6-4-2-1-3-5-7(6)9;;;/h1-5H,(H,8,9);;;. The van der Waals surface area contributed by atoms with Crippen molar-refractivity contribution in [3.05, 3.63) is 40.6 Å². The van der Waals surface area contributed by atoms with Gasteiger partial charge in [0.15, 0.2) is 5.75 Å². The lowest BCUT2D eigenvalue weighted by atomic mass is 10.5. The summed E-state index contributed by atoms with van der Waals surface area (Å²) in [6.07, 6.45) is 0. The van der Waals surface area contributed by atoms with E-state index in [0.717, 1.165) is 0 Å². The number of aromatic hydroxyl groups is 1. The zero-order valence-electron chi connectivity index (χ0n) is 4.74. The minimum Gasteiger partial charge on any atom is -0.504 e. The quantitative estimate of drug-likeness (QED) is 0.519. The van der Waals surface area contributed by atoms with E-state index in [1.165, 1.54) is 12.1 Å². The summed E-state index contributed by atoms with van der Waals surface area (Å²) in [6, 6.07) is 7.55. The highest BCUT2D eigenvalue weighted by Crippen LogP contribution is 1.93. The molecule has 0 unspecified atom stereocenters. The van der Waals surface area contributed by atoms with Gasteiger partial charge in [0.25, 0.3) is 0 Å². The van der Waals surface area contributed by atoms with E-state index in [1.54, 1.807) is 18.2 Å². The molecule has 1 rings (SSSR count). The van der Waals surface area contributed by atoms with E-state index in [9.17, 15) is 4.79 Å². The molecule has 10 heavy (non-hydrogen) atoms. The van der Waals surface area contributed by atoms with Crippen molar-refractivity contribution in [3.8, 4) is 5.75 Å². The highest BCUT2D eigenvalue weighted by Gasteiger charge is 1.85. The Morgan fingerprint density at radius 2 is 1.70 bits per heavy atom. The van der Waals surface area contributed by atoms with Crippen LogP contribution in [0.1, 0.15) is 0 Å². The molecule has 1 aromatic carbocycles. The molecule has 0 aliphatic heterocycles. The SMILES string of the molecule is O=c1cccccc1O.[MgH2]. The number of hydrogen-bond acceptors (Lipinski definition) is 2. The van der Waals surface area contributed by atoms with Crippen LogP contribution in [0.25, 0.3) is 0 Å². The fourth-order valence-corrected chi connectivity index (χ4v) is 0.521. The molecule has 1 N–H and O–H groups in total. The maximum absolute atomic E-state index is 10.6. The van der Waals surface area contributed by atoms with Crippen molar-refractivity contribution in [2.75, 3.05) is 0 Å². The Kier molecular flexibility index (Phi) is 4.07. The molecule has 0 fully saturated rings. The van der Waals surface area contributed by atoms with Gasteiger partial charge in [0.05, 0.1) is 0 Å². The largest absolute Gasteiger partial charge is 0.504 e. The third kappa shape index (κ3) is 2.37. The molecule has 50 valence electrons. The third-order valence-corrected chi connectivity index (χ3v) is 0.976. The molecule has 0 aliphatic rings. The van der Waals surface area contributed by atoms with Crippen molar-refractivity contribution in [1.82, 2.24) is 0 Å². The molecule has 0 saturated heterocycles. The summed E-state index contributed by atoms with van der Waals surface area (Å²) in [6.45, 7) is 0. The van der Waals surface area contributed by atoms with Crippen LogP contribution in [0.2, 0.25) is 0 Å². The summed E-state index contributed by atoms with van der Waals surface area (Å²) < 4.78 is 0. The fourth-order valence-electron chi connectivity index (χ4n) is 0.521. The van der Waals surface area contributed by atoms with Gasteiger partial charge in [-0.2, -0.15) is 0 Å². The highest BCUT2D eigenvalue weighted by molar-refractivity contribution is 5.75. The van der Waals surface area contributed by atoms with Gasteiger partial charge in [-0.3, -0.25) is 4.79 Å². The minimum absolute atomic E-state index is 0. The topological polar surface area (TPSA) is 37.3 Å². The molecule has 0 heterocycles. The average molecular weight is 148 g/mol. The summed E-state index contributed by atoms with van der Waals surface area (Å²) in [4.78, 5) is 10.6. The molecule has 0 saturated carbocycles. The van der Waals surface area contributed by atoms with Crippen LogP contribution >= 0.6 is 0 Å². The first-order valence-electron chi connectivity index (χ1n) is 2.59. The summed E-state index contributed by atoms with van der Waals surface area (Å²) >= 11 is 0. The Morgan fingerprint density at radius 1 is 1.10 bits per heavy atom. The van der Waals surface area contributed by atoms with Crippen molar-refractivity contribution < 1.29 is 5.11 Å². The molecule has 0 aromatic heterocycles. The van der Waals surface area contributed by atoms with Gasteiger partial charge in [-0.1, -0.05) is 18.2 Å². The zero-order chi connectivity index (χ0) is 6.69. The fraction of sp³-hybridized carbons (Fsp3) is 0. The lowest BCUT2D eigenvalue weighted by Gasteiger charge is -1.74. The number of hydrogen-bond donors (Lipinski definition) is 1. The van der Waals surface area contributed by atoms with Crippen molar-refractivity contribution >= 4 is 23.1 Å². The minimum atomic E-state index is -0.347. The van der Waals surface area contributed by atoms with Crippen LogP contribution in [0.5, 0.6) is 5.75 Å². The Labute approximate surface area is 74.7 Å². The molecule has 0 aliphatic carbocycles. The molecule has 0 radical (unpaired) electrons. The van der Waals surface area contributed by atoms with E-state index in [2.05, 4.69) is 0 Å². The van der Waals surface area contributed by atoms with Gasteiger partial charge in [0.2, 0.25) is 5.43 Å². The van der Waals surface area contributed by atoms with Gasteiger partial charge in [0, 0.05) is 0 Å². The second kappa shape index (κ2) is 4.30. The van der Waals surface area contributed by atoms with Crippen LogP contribution in [0, 0.1) is 0 Å². The molecular weight excluding hydrogens is 140 g/mol. The maximum atomic E-state index is 10.6. The van der Waals surface area contributed by atoms with E-state index in [1.807, 2.05) is 0 Å². The third-order valence-electron chi connectivity index (χ3n) is 0.976. The first-order chi connectivity index (χ1) is 4.30. The van der Waals surface area contributed by atoms with Crippen molar-refractivity contribution in [2.24, 2.45) is 0 Å². The molecular formula is C7H8MgO2. The van der Waals surface area contributed by atoms with Crippen molar-refractivity contribution in [3.63, 3.8) is 0 Å². The smallest absolute Gasteiger partial charge is 0.316 e. The second-order valence-electron chi connectivity index (χ2n) is 1.66. The van der Waals surface area contributed by atoms with Crippen LogP contribution in [0.15, 0.2) is 35.1 Å². The highest BCUT2D eigenvalue weighted by atomic mass is 24.3. The van der Waals surface area contributed by atoms with Crippen LogP contribution < -0.4 is 5.43 Å². The summed E-state index contributed by atoms with van der Waals surface area (Å²) in [5.74, 6) is -0.208. The second-order valence-corrected chi connectivity index (χ2v) is 1.66. The van der Waals surface area contributed by atoms with Crippen LogP contribution in [0.3, 0.4) is 0 Å². The summed E-state index contributed by atoms with van der Waals surface area (Å²) in [7, 11) is 0. The molecule has 1 aromatic rings. The lowest BCUT2D eigenvalue weighted by Crippen LogP contribution is -1.90. The van der Waals surface area contributed by atoms with Gasteiger partial charge < -0.3 is 5.11 Å².